The normalized spacial score (nSPS) is 11.1. The molecule has 1 aromatic carbocycles. The Balaban J connectivity index is 2.39. The van der Waals surface area contributed by atoms with E-state index in [1.807, 2.05) is 13.8 Å². The molecular weight excluding hydrogens is 248 g/mol. The molecule has 1 aromatic heterocycles. The lowest BCUT2D eigenvalue weighted by Crippen LogP contribution is -2.21. The van der Waals surface area contributed by atoms with E-state index in [4.69, 9.17) is 9.84 Å². The maximum atomic E-state index is 11.7. The van der Waals surface area contributed by atoms with Gasteiger partial charge in [-0.3, -0.25) is 9.36 Å². The van der Waals surface area contributed by atoms with Crippen molar-refractivity contribution < 1.29 is 14.6 Å². The molecule has 0 aliphatic heterocycles. The zero-order chi connectivity index (χ0) is 14.0. The van der Waals surface area contributed by atoms with E-state index in [-0.39, 0.29) is 6.54 Å². The minimum absolute atomic E-state index is 0.369. The SMILES string of the molecule is CC(C)COc1ccc2[nH]c(=O)n(CC(=O)O)c2c1. The number of aromatic nitrogens is 2. The van der Waals surface area contributed by atoms with Crippen LogP contribution in [0.15, 0.2) is 23.0 Å². The molecular formula is C13H16N2O4. The molecule has 19 heavy (non-hydrogen) atoms. The number of carboxylic acids is 1. The molecule has 102 valence electrons. The van der Waals surface area contributed by atoms with Crippen LogP contribution in [0.4, 0.5) is 0 Å². The number of hydrogen-bond donors (Lipinski definition) is 2. The molecule has 0 bridgehead atoms. The van der Waals surface area contributed by atoms with Crippen LogP contribution in [0.3, 0.4) is 0 Å². The number of nitrogens with zero attached hydrogens (tertiary/aromatic N) is 1. The van der Waals surface area contributed by atoms with Gasteiger partial charge in [-0.05, 0) is 18.1 Å². The Bertz CT molecular complexity index is 654. The number of carboxylic acid groups (broad SMARTS) is 1. The summed E-state index contributed by atoms with van der Waals surface area (Å²) in [5, 5.41) is 8.81. The van der Waals surface area contributed by atoms with Gasteiger partial charge in [-0.25, -0.2) is 4.79 Å². The topological polar surface area (TPSA) is 84.3 Å². The average Bonchev–Trinajstić information content (AvgIpc) is 2.63. The van der Waals surface area contributed by atoms with E-state index in [1.54, 1.807) is 18.2 Å². The standard InChI is InChI=1S/C13H16N2O4/c1-8(2)7-19-9-3-4-10-11(5-9)15(6-12(16)17)13(18)14-10/h3-5,8H,6-7H2,1-2H3,(H,14,18)(H,16,17). The fourth-order valence-electron chi connectivity index (χ4n) is 1.78. The number of rotatable bonds is 5. The summed E-state index contributed by atoms with van der Waals surface area (Å²) in [6.45, 7) is 4.27. The number of aromatic amines is 1. The number of imidazole rings is 1. The monoisotopic (exact) mass is 264 g/mol. The Morgan fingerprint density at radius 2 is 2.21 bits per heavy atom. The molecule has 0 spiro atoms. The van der Waals surface area contributed by atoms with Gasteiger partial charge in [0.1, 0.15) is 12.3 Å². The number of benzene rings is 1. The quantitative estimate of drug-likeness (QED) is 0.856. The Labute approximate surface area is 109 Å². The van der Waals surface area contributed by atoms with Crippen LogP contribution in [0.1, 0.15) is 13.8 Å². The molecule has 0 fully saturated rings. The highest BCUT2D eigenvalue weighted by Crippen LogP contribution is 2.19. The molecule has 6 nitrogen and oxygen atoms in total. The van der Waals surface area contributed by atoms with Crippen LogP contribution in [-0.4, -0.2) is 27.2 Å². The van der Waals surface area contributed by atoms with Crippen LogP contribution < -0.4 is 10.4 Å². The summed E-state index contributed by atoms with van der Waals surface area (Å²) in [6.07, 6.45) is 0. The maximum Gasteiger partial charge on any atom is 0.327 e. The number of nitrogens with one attached hydrogen (secondary N) is 1. The van der Waals surface area contributed by atoms with Gasteiger partial charge in [0.15, 0.2) is 0 Å². The highest BCUT2D eigenvalue weighted by Gasteiger charge is 2.10. The van der Waals surface area contributed by atoms with Crippen molar-refractivity contribution in [3.8, 4) is 5.75 Å². The summed E-state index contributed by atoms with van der Waals surface area (Å²) in [4.78, 5) is 25.0. The second-order valence-electron chi connectivity index (χ2n) is 4.79. The van der Waals surface area contributed by atoms with E-state index in [0.29, 0.717) is 29.3 Å². The smallest absolute Gasteiger partial charge is 0.327 e. The van der Waals surface area contributed by atoms with Crippen LogP contribution in [0, 0.1) is 5.92 Å². The van der Waals surface area contributed by atoms with Crippen LogP contribution in [-0.2, 0) is 11.3 Å². The first-order valence-electron chi connectivity index (χ1n) is 6.04. The van der Waals surface area contributed by atoms with Crippen molar-refractivity contribution in [2.45, 2.75) is 20.4 Å². The van der Waals surface area contributed by atoms with Gasteiger partial charge < -0.3 is 14.8 Å². The van der Waals surface area contributed by atoms with Crippen molar-refractivity contribution in [1.29, 1.82) is 0 Å². The molecule has 0 unspecified atom stereocenters. The Morgan fingerprint density at radius 1 is 1.47 bits per heavy atom. The van der Waals surface area contributed by atoms with Gasteiger partial charge in [-0.2, -0.15) is 0 Å². The molecule has 0 radical (unpaired) electrons. The third kappa shape index (κ3) is 2.96. The van der Waals surface area contributed by atoms with E-state index in [1.165, 1.54) is 4.57 Å². The predicted octanol–water partition coefficient (Wildman–Crippen LogP) is 1.45. The Kier molecular flexibility index (Phi) is 3.59. The summed E-state index contributed by atoms with van der Waals surface area (Å²) in [5.41, 5.74) is 0.704. The summed E-state index contributed by atoms with van der Waals surface area (Å²) < 4.78 is 6.75. The largest absolute Gasteiger partial charge is 0.493 e. The number of fused-ring (bicyclic) bond motifs is 1. The van der Waals surface area contributed by atoms with Crippen LogP contribution in [0.5, 0.6) is 5.75 Å². The molecule has 2 rings (SSSR count). The van der Waals surface area contributed by atoms with Gasteiger partial charge >= 0.3 is 11.7 Å². The van der Waals surface area contributed by atoms with E-state index in [9.17, 15) is 9.59 Å². The lowest BCUT2D eigenvalue weighted by atomic mass is 10.2. The Morgan fingerprint density at radius 3 is 2.84 bits per heavy atom. The molecule has 0 saturated heterocycles. The van der Waals surface area contributed by atoms with Crippen LogP contribution in [0.25, 0.3) is 11.0 Å². The van der Waals surface area contributed by atoms with Gasteiger partial charge in [0.2, 0.25) is 0 Å². The van der Waals surface area contributed by atoms with Crippen LogP contribution in [0.2, 0.25) is 0 Å². The fraction of sp³-hybridized carbons (Fsp3) is 0.385. The summed E-state index contributed by atoms with van der Waals surface area (Å²) in [6, 6.07) is 5.15. The summed E-state index contributed by atoms with van der Waals surface area (Å²) in [5.74, 6) is -0.0426. The molecule has 1 heterocycles. The molecule has 0 saturated carbocycles. The Hall–Kier alpha value is -2.24. The van der Waals surface area contributed by atoms with Crippen LogP contribution >= 0.6 is 0 Å². The lowest BCUT2D eigenvalue weighted by molar-refractivity contribution is -0.137. The number of aliphatic carboxylic acids is 1. The van der Waals surface area contributed by atoms with E-state index in [2.05, 4.69) is 4.98 Å². The zero-order valence-electron chi connectivity index (χ0n) is 10.8. The van der Waals surface area contributed by atoms with E-state index in [0.717, 1.165) is 0 Å². The summed E-state index contributed by atoms with van der Waals surface area (Å²) >= 11 is 0. The second kappa shape index (κ2) is 5.17. The first-order valence-corrected chi connectivity index (χ1v) is 6.04. The van der Waals surface area contributed by atoms with Crippen molar-refractivity contribution >= 4 is 17.0 Å². The highest BCUT2D eigenvalue weighted by molar-refractivity contribution is 5.79. The van der Waals surface area contributed by atoms with Gasteiger partial charge in [0.25, 0.3) is 0 Å². The van der Waals surface area contributed by atoms with E-state index < -0.39 is 11.7 Å². The molecule has 6 heteroatoms. The molecule has 0 atom stereocenters. The number of hydrogen-bond acceptors (Lipinski definition) is 3. The van der Waals surface area contributed by atoms with Gasteiger partial charge in [-0.15, -0.1) is 0 Å². The minimum atomic E-state index is -1.06. The summed E-state index contributed by atoms with van der Waals surface area (Å²) in [7, 11) is 0. The third-order valence-electron chi connectivity index (χ3n) is 2.62. The van der Waals surface area contributed by atoms with Crippen molar-refractivity contribution in [3.05, 3.63) is 28.7 Å². The average molecular weight is 264 g/mol. The number of ether oxygens (including phenoxy) is 1. The van der Waals surface area contributed by atoms with Crippen molar-refractivity contribution in [1.82, 2.24) is 9.55 Å². The number of carbonyl (C=O) groups is 1. The second-order valence-corrected chi connectivity index (χ2v) is 4.79. The predicted molar refractivity (Wildman–Crippen MR) is 70.5 cm³/mol. The fourth-order valence-corrected chi connectivity index (χ4v) is 1.78. The van der Waals surface area contributed by atoms with Gasteiger partial charge in [0.05, 0.1) is 17.6 Å². The highest BCUT2D eigenvalue weighted by atomic mass is 16.5. The van der Waals surface area contributed by atoms with Gasteiger partial charge in [0, 0.05) is 6.07 Å². The third-order valence-corrected chi connectivity index (χ3v) is 2.62. The molecule has 2 aromatic rings. The van der Waals surface area contributed by atoms with Gasteiger partial charge in [-0.1, -0.05) is 13.8 Å². The zero-order valence-corrected chi connectivity index (χ0v) is 10.8. The molecule has 0 amide bonds. The molecule has 0 aliphatic carbocycles. The van der Waals surface area contributed by atoms with E-state index >= 15 is 0 Å². The minimum Gasteiger partial charge on any atom is -0.493 e. The van der Waals surface area contributed by atoms with Crippen molar-refractivity contribution in [2.24, 2.45) is 5.92 Å². The lowest BCUT2D eigenvalue weighted by Gasteiger charge is -2.08. The maximum absolute atomic E-state index is 11.7. The molecule has 0 aliphatic rings. The number of H-pyrrole nitrogens is 1. The van der Waals surface area contributed by atoms with Crippen molar-refractivity contribution in [2.75, 3.05) is 6.61 Å². The molecule has 2 N–H and O–H groups in total. The first-order chi connectivity index (χ1) is 8.97. The first kappa shape index (κ1) is 13.2. The van der Waals surface area contributed by atoms with Crippen molar-refractivity contribution in [3.63, 3.8) is 0 Å².